The summed E-state index contributed by atoms with van der Waals surface area (Å²) in [5.74, 6) is -0.809. The number of aromatic hydroxyl groups is 2. The van der Waals surface area contributed by atoms with Crippen molar-refractivity contribution >= 4 is 12.1 Å². The number of hydrazone groups is 1. The van der Waals surface area contributed by atoms with Gasteiger partial charge in [-0.25, -0.2) is 5.43 Å². The van der Waals surface area contributed by atoms with E-state index in [1.807, 2.05) is 0 Å². The van der Waals surface area contributed by atoms with Gasteiger partial charge in [-0.1, -0.05) is 0 Å². The molecule has 92 valence electrons. The molecule has 2 rings (SSSR count). The number of carbonyl (C=O) groups excluding carboxylic acids is 1. The number of benzene rings is 1. The highest BCUT2D eigenvalue weighted by atomic mass is 16.3. The third kappa shape index (κ3) is 2.67. The number of aromatic nitrogens is 1. The largest absolute Gasteiger partial charge is 0.504 e. The normalized spacial score (nSPS) is 10.7. The van der Waals surface area contributed by atoms with Crippen molar-refractivity contribution in [3.63, 3.8) is 0 Å². The molecule has 0 spiro atoms. The van der Waals surface area contributed by atoms with Gasteiger partial charge in [0, 0.05) is 6.20 Å². The molecule has 2 aromatic rings. The van der Waals surface area contributed by atoms with Crippen LogP contribution in [-0.2, 0) is 0 Å². The maximum Gasteiger partial charge on any atom is 0.287 e. The van der Waals surface area contributed by atoms with Crippen LogP contribution in [0.3, 0.4) is 0 Å². The Morgan fingerprint density at radius 3 is 2.78 bits per heavy atom. The Bertz CT molecular complexity index is 576. The van der Waals surface area contributed by atoms with Crippen molar-refractivity contribution in [2.45, 2.75) is 0 Å². The zero-order valence-corrected chi connectivity index (χ0v) is 9.29. The van der Waals surface area contributed by atoms with Gasteiger partial charge in [-0.05, 0) is 35.9 Å². The van der Waals surface area contributed by atoms with Crippen LogP contribution in [0.4, 0.5) is 0 Å². The first kappa shape index (κ1) is 11.7. The summed E-state index contributed by atoms with van der Waals surface area (Å²) in [5.41, 5.74) is 3.28. The minimum Gasteiger partial charge on any atom is -0.504 e. The van der Waals surface area contributed by atoms with Crippen LogP contribution in [-0.4, -0.2) is 27.3 Å². The first-order valence-corrected chi connectivity index (χ1v) is 5.15. The molecule has 1 amide bonds. The molecule has 6 nitrogen and oxygen atoms in total. The highest BCUT2D eigenvalue weighted by molar-refractivity contribution is 5.93. The summed E-state index contributed by atoms with van der Waals surface area (Å²) in [6.45, 7) is 0. The van der Waals surface area contributed by atoms with Gasteiger partial charge in [-0.3, -0.25) is 4.79 Å². The summed E-state index contributed by atoms with van der Waals surface area (Å²) < 4.78 is 0. The highest BCUT2D eigenvalue weighted by Crippen LogP contribution is 2.23. The third-order valence-electron chi connectivity index (χ3n) is 2.22. The molecule has 0 aliphatic carbocycles. The quantitative estimate of drug-likeness (QED) is 0.371. The molecule has 0 radical (unpaired) electrons. The molecule has 18 heavy (non-hydrogen) atoms. The van der Waals surface area contributed by atoms with E-state index >= 15 is 0 Å². The van der Waals surface area contributed by atoms with E-state index in [4.69, 9.17) is 5.11 Å². The molecule has 0 atom stereocenters. The van der Waals surface area contributed by atoms with E-state index in [2.05, 4.69) is 15.5 Å². The van der Waals surface area contributed by atoms with Crippen molar-refractivity contribution < 1.29 is 15.0 Å². The predicted octanol–water partition coefficient (Wildman–Crippen LogP) is 1.19. The van der Waals surface area contributed by atoms with Crippen molar-refractivity contribution in [3.05, 3.63) is 47.8 Å². The topological polar surface area (TPSA) is 97.7 Å². The Morgan fingerprint density at radius 2 is 2.11 bits per heavy atom. The van der Waals surface area contributed by atoms with E-state index in [9.17, 15) is 9.90 Å². The van der Waals surface area contributed by atoms with Crippen molar-refractivity contribution in [2.24, 2.45) is 5.10 Å². The second-order valence-corrected chi connectivity index (χ2v) is 3.53. The molecule has 0 aliphatic heterocycles. The fraction of sp³-hybridized carbons (Fsp3) is 0. The van der Waals surface area contributed by atoms with E-state index in [1.54, 1.807) is 24.4 Å². The number of nitrogens with one attached hydrogen (secondary N) is 2. The molecule has 0 bridgehead atoms. The summed E-state index contributed by atoms with van der Waals surface area (Å²) >= 11 is 0. The summed E-state index contributed by atoms with van der Waals surface area (Å²) in [7, 11) is 0. The number of carbonyl (C=O) groups is 1. The van der Waals surface area contributed by atoms with Crippen LogP contribution in [0.1, 0.15) is 16.1 Å². The number of rotatable bonds is 3. The summed E-state index contributed by atoms with van der Waals surface area (Å²) in [6.07, 6.45) is 3.00. The molecular formula is C12H11N3O3. The Hall–Kier alpha value is -2.76. The van der Waals surface area contributed by atoms with Crippen molar-refractivity contribution in [1.29, 1.82) is 0 Å². The number of amides is 1. The molecule has 0 aliphatic rings. The lowest BCUT2D eigenvalue weighted by molar-refractivity contribution is 0.0951. The molecule has 6 heteroatoms. The zero-order valence-electron chi connectivity index (χ0n) is 9.29. The van der Waals surface area contributed by atoms with Gasteiger partial charge < -0.3 is 15.2 Å². The first-order chi connectivity index (χ1) is 8.66. The molecule has 1 heterocycles. The number of hydrogen-bond donors (Lipinski definition) is 4. The van der Waals surface area contributed by atoms with Gasteiger partial charge in [0.15, 0.2) is 11.5 Å². The maximum atomic E-state index is 11.5. The summed E-state index contributed by atoms with van der Waals surface area (Å²) in [4.78, 5) is 14.2. The van der Waals surface area contributed by atoms with Crippen LogP contribution in [0.2, 0.25) is 0 Å². The molecule has 0 fully saturated rings. The minimum absolute atomic E-state index is 0.206. The van der Waals surface area contributed by atoms with Crippen LogP contribution in [0.25, 0.3) is 0 Å². The average molecular weight is 245 g/mol. The molecule has 0 saturated carbocycles. The number of phenols is 2. The highest BCUT2D eigenvalue weighted by Gasteiger charge is 2.03. The van der Waals surface area contributed by atoms with Gasteiger partial charge in [-0.15, -0.1) is 0 Å². The Morgan fingerprint density at radius 1 is 1.28 bits per heavy atom. The Kier molecular flexibility index (Phi) is 3.29. The van der Waals surface area contributed by atoms with Gasteiger partial charge in [0.05, 0.1) is 6.21 Å². The monoisotopic (exact) mass is 245 g/mol. The van der Waals surface area contributed by atoms with Crippen LogP contribution >= 0.6 is 0 Å². The van der Waals surface area contributed by atoms with Crippen LogP contribution in [0.15, 0.2) is 41.6 Å². The molecule has 1 aromatic heterocycles. The van der Waals surface area contributed by atoms with Crippen molar-refractivity contribution in [3.8, 4) is 11.5 Å². The van der Waals surface area contributed by atoms with Crippen LogP contribution in [0, 0.1) is 0 Å². The number of hydrogen-bond acceptors (Lipinski definition) is 4. The van der Waals surface area contributed by atoms with E-state index in [0.717, 1.165) is 0 Å². The third-order valence-corrected chi connectivity index (χ3v) is 2.22. The average Bonchev–Trinajstić information content (AvgIpc) is 2.87. The van der Waals surface area contributed by atoms with Crippen molar-refractivity contribution in [1.82, 2.24) is 10.4 Å². The smallest absolute Gasteiger partial charge is 0.287 e. The van der Waals surface area contributed by atoms with Gasteiger partial charge in [0.2, 0.25) is 0 Å². The number of nitrogens with zero attached hydrogens (tertiary/aromatic N) is 1. The molecule has 0 saturated heterocycles. The lowest BCUT2D eigenvalue weighted by Crippen LogP contribution is -2.17. The van der Waals surface area contributed by atoms with Crippen molar-refractivity contribution in [2.75, 3.05) is 0 Å². The predicted molar refractivity (Wildman–Crippen MR) is 65.6 cm³/mol. The fourth-order valence-electron chi connectivity index (χ4n) is 1.32. The molecule has 1 aromatic carbocycles. The summed E-state index contributed by atoms with van der Waals surface area (Å²) in [5, 5.41) is 22.1. The van der Waals surface area contributed by atoms with E-state index in [0.29, 0.717) is 11.3 Å². The van der Waals surface area contributed by atoms with Gasteiger partial charge in [0.1, 0.15) is 5.69 Å². The number of phenolic OH excluding ortho intramolecular Hbond substituents is 2. The second-order valence-electron chi connectivity index (χ2n) is 3.53. The van der Waals surface area contributed by atoms with Crippen LogP contribution in [0.5, 0.6) is 11.5 Å². The maximum absolute atomic E-state index is 11.5. The number of aromatic amines is 1. The number of H-pyrrole nitrogens is 1. The minimum atomic E-state index is -0.362. The first-order valence-electron chi connectivity index (χ1n) is 5.15. The fourth-order valence-corrected chi connectivity index (χ4v) is 1.32. The van der Waals surface area contributed by atoms with Crippen LogP contribution < -0.4 is 5.43 Å². The Balaban J connectivity index is 1.99. The zero-order chi connectivity index (χ0) is 13.0. The Labute approximate surface area is 103 Å². The van der Waals surface area contributed by atoms with E-state index < -0.39 is 0 Å². The lowest BCUT2D eigenvalue weighted by Gasteiger charge is -1.99. The molecule has 4 N–H and O–H groups in total. The molecular weight excluding hydrogens is 234 g/mol. The summed E-state index contributed by atoms with van der Waals surface area (Å²) in [6, 6.07) is 7.55. The van der Waals surface area contributed by atoms with Gasteiger partial charge >= 0.3 is 0 Å². The second kappa shape index (κ2) is 5.05. The van der Waals surface area contributed by atoms with E-state index in [1.165, 1.54) is 18.3 Å². The standard InChI is InChI=1S/C12H11N3O3/c16-10-4-3-8(6-11(10)17)7-14-15-12(18)9-2-1-5-13-9/h1-7,13,16-17H,(H,15,18)/b14-7+. The molecule has 0 unspecified atom stereocenters. The van der Waals surface area contributed by atoms with Gasteiger partial charge in [-0.2, -0.15) is 5.10 Å². The van der Waals surface area contributed by atoms with E-state index in [-0.39, 0.29) is 17.4 Å². The van der Waals surface area contributed by atoms with Gasteiger partial charge in [0.25, 0.3) is 5.91 Å². The SMILES string of the molecule is O=C(N/N=C/c1ccc(O)c(O)c1)c1ccc[nH]1. The lowest BCUT2D eigenvalue weighted by atomic mass is 10.2.